The molecule has 0 saturated heterocycles. The second-order valence-electron chi connectivity index (χ2n) is 29.5. The van der Waals surface area contributed by atoms with Gasteiger partial charge in [-0.05, 0) is 19.3 Å². The van der Waals surface area contributed by atoms with E-state index in [-0.39, 0.29) is 19.1 Å². The maximum Gasteiger partial charge on any atom is 0.268 e. The number of hydrogen-bond acceptors (Lipinski definition) is 6. The van der Waals surface area contributed by atoms with Crippen LogP contribution in [0.25, 0.3) is 0 Å². The van der Waals surface area contributed by atoms with Gasteiger partial charge in [-0.15, -0.1) is 0 Å². The van der Waals surface area contributed by atoms with Crippen LogP contribution in [-0.4, -0.2) is 68.5 Å². The minimum atomic E-state index is -4.60. The second kappa shape index (κ2) is 71.5. The summed E-state index contributed by atoms with van der Waals surface area (Å²) >= 11 is 0. The highest BCUT2D eigenvalue weighted by molar-refractivity contribution is 7.45. The first-order chi connectivity index (χ1) is 43.5. The van der Waals surface area contributed by atoms with E-state index in [9.17, 15) is 19.4 Å². The maximum atomic E-state index is 13.1. The van der Waals surface area contributed by atoms with Gasteiger partial charge in [0.05, 0.1) is 39.9 Å². The van der Waals surface area contributed by atoms with Gasteiger partial charge in [-0.25, -0.2) is 0 Å². The van der Waals surface area contributed by atoms with Crippen molar-refractivity contribution in [3.05, 3.63) is 12.2 Å². The summed E-state index contributed by atoms with van der Waals surface area (Å²) in [7, 11) is 1.29. The van der Waals surface area contributed by atoms with Crippen LogP contribution < -0.4 is 10.2 Å². The van der Waals surface area contributed by atoms with E-state index >= 15 is 0 Å². The van der Waals surface area contributed by atoms with Gasteiger partial charge in [0.2, 0.25) is 5.91 Å². The molecule has 0 aliphatic heterocycles. The minimum Gasteiger partial charge on any atom is -0.756 e. The molecule has 0 radical (unpaired) electrons. The number of hydrogen-bond donors (Lipinski definition) is 2. The number of aliphatic hydroxyl groups excluding tert-OH is 1. The molecule has 0 aromatic carbocycles. The Labute approximate surface area is 558 Å². The third-order valence-corrected chi connectivity index (χ3v) is 20.2. The molecule has 0 aromatic heterocycles. The predicted octanol–water partition coefficient (Wildman–Crippen LogP) is 25.8. The van der Waals surface area contributed by atoms with Crippen molar-refractivity contribution in [1.29, 1.82) is 0 Å². The van der Waals surface area contributed by atoms with Crippen molar-refractivity contribution in [3.63, 3.8) is 0 Å². The zero-order valence-electron chi connectivity index (χ0n) is 61.2. The fourth-order valence-corrected chi connectivity index (χ4v) is 13.7. The zero-order chi connectivity index (χ0) is 64.8. The third-order valence-electron chi connectivity index (χ3n) is 19.2. The van der Waals surface area contributed by atoms with Crippen molar-refractivity contribution >= 4 is 13.7 Å². The van der Waals surface area contributed by atoms with Crippen LogP contribution in [0.15, 0.2) is 12.2 Å². The molecule has 0 rings (SSSR count). The molecule has 0 saturated carbocycles. The quantitative estimate of drug-likeness (QED) is 0.0272. The van der Waals surface area contributed by atoms with Crippen LogP contribution >= 0.6 is 7.82 Å². The lowest BCUT2D eigenvalue weighted by molar-refractivity contribution is -0.870. The molecule has 3 atom stereocenters. The normalized spacial score (nSPS) is 13.5. The van der Waals surface area contributed by atoms with Gasteiger partial charge in [0.1, 0.15) is 13.2 Å². The van der Waals surface area contributed by atoms with E-state index < -0.39 is 20.0 Å². The van der Waals surface area contributed by atoms with E-state index in [1.165, 1.54) is 385 Å². The van der Waals surface area contributed by atoms with Gasteiger partial charge in [-0.2, -0.15) is 0 Å². The van der Waals surface area contributed by atoms with E-state index in [0.29, 0.717) is 17.4 Å². The lowest BCUT2D eigenvalue weighted by Gasteiger charge is -2.29. The van der Waals surface area contributed by atoms with Crippen LogP contribution in [0.5, 0.6) is 0 Å². The van der Waals surface area contributed by atoms with E-state index in [2.05, 4.69) is 19.2 Å². The summed E-state index contributed by atoms with van der Waals surface area (Å²) < 4.78 is 23.5. The molecule has 0 spiro atoms. The molecule has 0 bridgehead atoms. The number of likely N-dealkylation sites (N-methyl/N-ethyl adjacent to an activating group) is 1. The van der Waals surface area contributed by atoms with Gasteiger partial charge < -0.3 is 28.8 Å². The third kappa shape index (κ3) is 74.5. The lowest BCUT2D eigenvalue weighted by Crippen LogP contribution is -2.45. The number of rotatable bonds is 77. The fraction of sp³-hybridized carbons (Fsp3) is 0.963. The van der Waals surface area contributed by atoms with E-state index in [4.69, 9.17) is 9.05 Å². The van der Waals surface area contributed by atoms with Crippen LogP contribution in [0, 0.1) is 0 Å². The number of quaternary nitrogens is 1. The van der Waals surface area contributed by atoms with Gasteiger partial charge in [0.25, 0.3) is 7.82 Å². The lowest BCUT2D eigenvalue weighted by atomic mass is 10.0. The average Bonchev–Trinajstić information content (AvgIpc) is 3.62. The summed E-state index contributed by atoms with van der Waals surface area (Å²) in [5.41, 5.74) is 0. The SMILES string of the molecule is CCCCCCCCCCCCCCCCCCCCCCCCCCCC/C=C/C(O)C(COP(=O)([O-])OCC[N+](C)(C)C)NC(=O)CCCCCCCCCCCCCCCCCCCCCCCCCCCCCCCCCCCCCCCCC. The summed E-state index contributed by atoms with van der Waals surface area (Å²) in [5.74, 6) is -0.185. The van der Waals surface area contributed by atoms with Crippen molar-refractivity contribution in [1.82, 2.24) is 5.32 Å². The Morgan fingerprint density at radius 1 is 0.382 bits per heavy atom. The van der Waals surface area contributed by atoms with Gasteiger partial charge in [-0.3, -0.25) is 9.36 Å². The zero-order valence-corrected chi connectivity index (χ0v) is 62.1. The molecule has 0 aliphatic rings. The van der Waals surface area contributed by atoms with E-state index in [0.717, 1.165) is 38.5 Å². The number of phosphoric acid groups is 1. The van der Waals surface area contributed by atoms with Gasteiger partial charge >= 0.3 is 0 Å². The molecular weight excluding hydrogens is 1120 g/mol. The number of unbranched alkanes of at least 4 members (excludes halogenated alkanes) is 64. The summed E-state index contributed by atoms with van der Waals surface area (Å²) in [6, 6.07) is -0.885. The molecule has 2 N–H and O–H groups in total. The Hall–Kier alpha value is -0.760. The molecule has 0 fully saturated rings. The highest BCUT2D eigenvalue weighted by Gasteiger charge is 2.23. The van der Waals surface area contributed by atoms with Crippen LogP contribution in [0.4, 0.5) is 0 Å². The van der Waals surface area contributed by atoms with Crippen LogP contribution in [0.3, 0.4) is 0 Å². The number of allylic oxidation sites excluding steroid dienone is 1. The van der Waals surface area contributed by atoms with Gasteiger partial charge in [0, 0.05) is 6.42 Å². The molecule has 1 amide bonds. The van der Waals surface area contributed by atoms with Crippen LogP contribution in [0.1, 0.15) is 444 Å². The average molecular weight is 1280 g/mol. The molecule has 532 valence electrons. The van der Waals surface area contributed by atoms with Crippen molar-refractivity contribution in [3.8, 4) is 0 Å². The monoisotopic (exact) mass is 1280 g/mol. The van der Waals surface area contributed by atoms with Gasteiger partial charge in [-0.1, -0.05) is 431 Å². The van der Waals surface area contributed by atoms with Crippen LogP contribution in [0.2, 0.25) is 0 Å². The number of carbonyl (C=O) groups excluding carboxylic acids is 1. The first-order valence-corrected chi connectivity index (χ1v) is 42.0. The van der Waals surface area contributed by atoms with E-state index in [1.807, 2.05) is 27.2 Å². The molecule has 3 unspecified atom stereocenters. The number of phosphoric ester groups is 1. The Morgan fingerprint density at radius 2 is 0.607 bits per heavy atom. The van der Waals surface area contributed by atoms with Gasteiger partial charge in [0.15, 0.2) is 0 Å². The largest absolute Gasteiger partial charge is 0.756 e. The molecule has 0 aliphatic carbocycles. The standard InChI is InChI=1S/C80H161N2O6P/c1-6-8-10-12-14-16-18-20-22-24-26-28-30-32-34-36-37-38-39-40-41-42-43-44-45-46-48-50-52-54-56-58-60-62-64-66-68-70-72-74-80(84)81-78(77-88-89(85,86)87-76-75-82(3,4)5)79(83)73-71-69-67-65-63-61-59-57-55-53-51-49-47-35-33-31-29-27-25-23-21-19-17-15-13-11-9-7-2/h71,73,78-79,83H,6-70,72,74-77H2,1-5H3,(H-,81,84,85,86)/b73-71+. The molecule has 9 heteroatoms. The smallest absolute Gasteiger partial charge is 0.268 e. The highest BCUT2D eigenvalue weighted by Crippen LogP contribution is 2.38. The van der Waals surface area contributed by atoms with Crippen LogP contribution in [-0.2, 0) is 18.4 Å². The molecule has 8 nitrogen and oxygen atoms in total. The predicted molar refractivity (Wildman–Crippen MR) is 390 cm³/mol. The number of aliphatic hydroxyl groups is 1. The first kappa shape index (κ1) is 88.2. The maximum absolute atomic E-state index is 13.1. The summed E-state index contributed by atoms with van der Waals surface area (Å²) in [6.07, 6.45) is 93.9. The van der Waals surface area contributed by atoms with Crippen molar-refractivity contribution in [2.75, 3.05) is 40.9 Å². The Bertz CT molecular complexity index is 1460. The molecular formula is C80H161N2O6P. The molecule has 89 heavy (non-hydrogen) atoms. The topological polar surface area (TPSA) is 108 Å². The Morgan fingerprint density at radius 3 is 0.843 bits per heavy atom. The highest BCUT2D eigenvalue weighted by atomic mass is 31.2. The second-order valence-corrected chi connectivity index (χ2v) is 30.9. The molecule has 0 aromatic rings. The number of carbonyl (C=O) groups is 1. The Kier molecular flexibility index (Phi) is 70.9. The van der Waals surface area contributed by atoms with Crippen molar-refractivity contribution in [2.45, 2.75) is 456 Å². The summed E-state index contributed by atoms with van der Waals surface area (Å²) in [5, 5.41) is 14.0. The number of nitrogens with zero attached hydrogens (tertiary/aromatic N) is 1. The number of nitrogens with one attached hydrogen (secondary N) is 1. The number of amides is 1. The van der Waals surface area contributed by atoms with Crippen molar-refractivity contribution < 1.29 is 32.9 Å². The minimum absolute atomic E-state index is 0.00316. The fourth-order valence-electron chi connectivity index (χ4n) is 13.0. The summed E-state index contributed by atoms with van der Waals surface area (Å²) in [4.78, 5) is 25.7. The van der Waals surface area contributed by atoms with Crippen molar-refractivity contribution in [2.24, 2.45) is 0 Å². The Balaban J connectivity index is 3.90. The molecule has 0 heterocycles. The summed E-state index contributed by atoms with van der Waals surface area (Å²) in [6.45, 7) is 4.73. The first-order valence-electron chi connectivity index (χ1n) is 40.6. The van der Waals surface area contributed by atoms with E-state index in [1.54, 1.807) is 6.08 Å².